The zero-order chi connectivity index (χ0) is 10.1. The van der Waals surface area contributed by atoms with E-state index in [2.05, 4.69) is 0 Å². The number of amides is 1. The number of hydrogen-bond donors (Lipinski definition) is 2. The van der Waals surface area contributed by atoms with Gasteiger partial charge in [-0.1, -0.05) is 0 Å². The van der Waals surface area contributed by atoms with E-state index < -0.39 is 9.93 Å². The van der Waals surface area contributed by atoms with Crippen molar-refractivity contribution in [3.63, 3.8) is 0 Å². The molecule has 1 amide bonds. The van der Waals surface area contributed by atoms with Crippen molar-refractivity contribution in [2.75, 3.05) is 25.6 Å². The summed E-state index contributed by atoms with van der Waals surface area (Å²) >= 11 is 0. The van der Waals surface area contributed by atoms with Crippen LogP contribution in [-0.4, -0.2) is 51.2 Å². The molecule has 0 bridgehead atoms. The Morgan fingerprint density at radius 3 is 2.23 bits per heavy atom. The number of likely N-dealkylation sites (tertiary alicyclic amines) is 1. The Morgan fingerprint density at radius 2 is 1.85 bits per heavy atom. The summed E-state index contributed by atoms with van der Waals surface area (Å²) < 4.78 is 11.4. The molecule has 1 saturated heterocycles. The van der Waals surface area contributed by atoms with Crippen molar-refractivity contribution in [2.24, 2.45) is 0 Å². The highest BCUT2D eigenvalue weighted by Gasteiger charge is 2.25. The SMILES string of the molecule is C[SH](C)(=O)C(=O)N1CCC(O)CC1. The Labute approximate surface area is 79.3 Å². The van der Waals surface area contributed by atoms with E-state index in [1.165, 1.54) is 12.5 Å². The number of nitrogens with zero attached hydrogens (tertiary/aromatic N) is 1. The van der Waals surface area contributed by atoms with Gasteiger partial charge in [0.15, 0.2) is 0 Å². The summed E-state index contributed by atoms with van der Waals surface area (Å²) in [4.78, 5) is 13.1. The summed E-state index contributed by atoms with van der Waals surface area (Å²) in [6.45, 7) is 1.07. The van der Waals surface area contributed by atoms with Gasteiger partial charge in [0.1, 0.15) is 0 Å². The predicted molar refractivity (Wildman–Crippen MR) is 53.6 cm³/mol. The Bertz CT molecular complexity index is 240. The molecule has 1 fully saturated rings. The maximum Gasteiger partial charge on any atom is 0.287 e. The molecule has 1 aliphatic heterocycles. The lowest BCUT2D eigenvalue weighted by molar-refractivity contribution is 0.0996. The van der Waals surface area contributed by atoms with Gasteiger partial charge in [-0.25, -0.2) is 0 Å². The normalized spacial score (nSPS) is 21.6. The van der Waals surface area contributed by atoms with E-state index in [9.17, 15) is 14.1 Å². The molecule has 0 aromatic carbocycles. The predicted octanol–water partition coefficient (Wildman–Crippen LogP) is -0.161. The zero-order valence-corrected chi connectivity index (χ0v) is 8.96. The van der Waals surface area contributed by atoms with E-state index in [4.69, 9.17) is 0 Å². The molecule has 1 aliphatic rings. The smallest absolute Gasteiger partial charge is 0.287 e. The third kappa shape index (κ3) is 2.77. The van der Waals surface area contributed by atoms with E-state index in [0.717, 1.165) is 0 Å². The molecule has 4 nitrogen and oxygen atoms in total. The Hall–Kier alpha value is -0.420. The molecule has 13 heavy (non-hydrogen) atoms. The second-order valence-electron chi connectivity index (χ2n) is 3.85. The van der Waals surface area contributed by atoms with Gasteiger partial charge >= 0.3 is 0 Å². The van der Waals surface area contributed by atoms with E-state index >= 15 is 0 Å². The molecule has 0 unspecified atom stereocenters. The number of piperidine rings is 1. The van der Waals surface area contributed by atoms with Gasteiger partial charge in [-0.05, 0) is 35.3 Å². The Kier molecular flexibility index (Phi) is 3.08. The van der Waals surface area contributed by atoms with Gasteiger partial charge in [-0.3, -0.25) is 9.00 Å². The van der Waals surface area contributed by atoms with Gasteiger partial charge in [0, 0.05) is 13.1 Å². The third-order valence-electron chi connectivity index (χ3n) is 2.20. The van der Waals surface area contributed by atoms with Gasteiger partial charge in [-0.2, -0.15) is 0 Å². The Morgan fingerprint density at radius 1 is 1.38 bits per heavy atom. The fraction of sp³-hybridized carbons (Fsp3) is 0.875. The maximum atomic E-state index is 11.5. The summed E-state index contributed by atoms with van der Waals surface area (Å²) in [7, 11) is -2.64. The quantitative estimate of drug-likeness (QED) is 0.543. The fourth-order valence-corrected chi connectivity index (χ4v) is 2.28. The van der Waals surface area contributed by atoms with Crippen molar-refractivity contribution in [3.05, 3.63) is 0 Å². The highest BCUT2D eigenvalue weighted by atomic mass is 32.2. The van der Waals surface area contributed by atoms with E-state index in [1.54, 1.807) is 4.90 Å². The van der Waals surface area contributed by atoms with Crippen molar-refractivity contribution >= 4 is 15.2 Å². The average Bonchev–Trinajstić information content (AvgIpc) is 2.03. The minimum absolute atomic E-state index is 0.251. The zero-order valence-electron chi connectivity index (χ0n) is 8.06. The van der Waals surface area contributed by atoms with Crippen LogP contribution in [0.3, 0.4) is 0 Å². The number of carbonyl (C=O) groups excluding carboxylic acids is 1. The van der Waals surface area contributed by atoms with Crippen molar-refractivity contribution < 1.29 is 14.1 Å². The van der Waals surface area contributed by atoms with Gasteiger partial charge < -0.3 is 10.0 Å². The number of carbonyl (C=O) groups is 1. The molecule has 5 heteroatoms. The van der Waals surface area contributed by atoms with Crippen molar-refractivity contribution in [3.8, 4) is 0 Å². The molecule has 0 spiro atoms. The van der Waals surface area contributed by atoms with Crippen LogP contribution in [0.2, 0.25) is 0 Å². The van der Waals surface area contributed by atoms with Crippen molar-refractivity contribution in [1.29, 1.82) is 0 Å². The summed E-state index contributed by atoms with van der Waals surface area (Å²) in [6.07, 6.45) is 3.88. The second-order valence-corrected chi connectivity index (χ2v) is 6.94. The molecule has 1 heterocycles. The van der Waals surface area contributed by atoms with Gasteiger partial charge in [0.25, 0.3) is 5.24 Å². The van der Waals surface area contributed by atoms with Gasteiger partial charge in [-0.15, -0.1) is 0 Å². The standard InChI is InChI=1S/C8H17NO3S/c1-13(2,12)8(11)9-5-3-7(10)4-6-9/h7,10,13H,3-6H2,1-2H3. The fourth-order valence-electron chi connectivity index (χ4n) is 1.40. The number of hydrogen-bond acceptors (Lipinski definition) is 3. The molecule has 0 atom stereocenters. The van der Waals surface area contributed by atoms with Crippen LogP contribution in [0.15, 0.2) is 0 Å². The molecular weight excluding hydrogens is 190 g/mol. The van der Waals surface area contributed by atoms with E-state index in [0.29, 0.717) is 25.9 Å². The van der Waals surface area contributed by atoms with Crippen molar-refractivity contribution in [2.45, 2.75) is 18.9 Å². The third-order valence-corrected chi connectivity index (χ3v) is 3.40. The van der Waals surface area contributed by atoms with Crippen LogP contribution in [0.4, 0.5) is 4.79 Å². The lowest BCUT2D eigenvalue weighted by atomic mass is 10.1. The lowest BCUT2D eigenvalue weighted by Crippen LogP contribution is -2.44. The maximum absolute atomic E-state index is 11.5. The second kappa shape index (κ2) is 3.75. The van der Waals surface area contributed by atoms with Crippen LogP contribution in [-0.2, 0) is 9.93 Å². The number of rotatable bonds is 0. The monoisotopic (exact) mass is 207 g/mol. The molecular formula is C8H17NO3S. The topological polar surface area (TPSA) is 57.6 Å². The highest BCUT2D eigenvalue weighted by molar-refractivity contribution is 8.15. The molecule has 0 aromatic rings. The van der Waals surface area contributed by atoms with Crippen LogP contribution in [0.25, 0.3) is 0 Å². The van der Waals surface area contributed by atoms with Gasteiger partial charge in [0.2, 0.25) is 0 Å². The van der Waals surface area contributed by atoms with Crippen molar-refractivity contribution in [1.82, 2.24) is 4.90 Å². The first kappa shape index (κ1) is 10.7. The molecule has 0 radical (unpaired) electrons. The Balaban J connectivity index is 2.55. The van der Waals surface area contributed by atoms with Crippen LogP contribution in [0.5, 0.6) is 0 Å². The van der Waals surface area contributed by atoms with Crippen LogP contribution in [0, 0.1) is 0 Å². The van der Waals surface area contributed by atoms with Crippen LogP contribution >= 0.6 is 0 Å². The van der Waals surface area contributed by atoms with E-state index in [1.807, 2.05) is 0 Å². The molecule has 78 valence electrons. The lowest BCUT2D eigenvalue weighted by Gasteiger charge is -2.31. The van der Waals surface area contributed by atoms with Crippen LogP contribution in [0.1, 0.15) is 12.8 Å². The summed E-state index contributed by atoms with van der Waals surface area (Å²) in [5.74, 6) is 0. The number of aliphatic hydroxyl groups is 1. The number of aliphatic hydroxyl groups excluding tert-OH is 1. The highest BCUT2D eigenvalue weighted by Crippen LogP contribution is 2.13. The van der Waals surface area contributed by atoms with E-state index in [-0.39, 0.29) is 11.3 Å². The first-order chi connectivity index (χ1) is 5.91. The molecule has 0 aromatic heterocycles. The number of thiol groups is 1. The summed E-state index contributed by atoms with van der Waals surface area (Å²) in [5.41, 5.74) is 0. The molecule has 0 aliphatic carbocycles. The average molecular weight is 207 g/mol. The largest absolute Gasteiger partial charge is 0.393 e. The summed E-state index contributed by atoms with van der Waals surface area (Å²) in [5, 5.41) is 8.95. The molecule has 1 rings (SSSR count). The minimum atomic E-state index is -2.64. The summed E-state index contributed by atoms with van der Waals surface area (Å²) in [6, 6.07) is 0. The first-order valence-corrected chi connectivity index (χ1v) is 7.04. The van der Waals surface area contributed by atoms with Crippen LogP contribution < -0.4 is 0 Å². The minimum Gasteiger partial charge on any atom is -0.393 e. The van der Waals surface area contributed by atoms with Gasteiger partial charge in [0.05, 0.1) is 6.10 Å². The molecule has 0 saturated carbocycles. The molecule has 1 N–H and O–H groups in total. The first-order valence-electron chi connectivity index (χ1n) is 4.44.